The summed E-state index contributed by atoms with van der Waals surface area (Å²) in [5.74, 6) is -0.134. The number of aromatic nitrogens is 2. The van der Waals surface area contributed by atoms with Gasteiger partial charge in [0.1, 0.15) is 6.33 Å². The van der Waals surface area contributed by atoms with Crippen molar-refractivity contribution >= 4 is 5.78 Å². The Morgan fingerprint density at radius 2 is 2.09 bits per heavy atom. The lowest BCUT2D eigenvalue weighted by Crippen LogP contribution is -2.26. The Morgan fingerprint density at radius 1 is 1.55 bits per heavy atom. The highest BCUT2D eigenvalue weighted by Crippen LogP contribution is 1.96. The molecule has 4 heteroatoms. The van der Waals surface area contributed by atoms with Gasteiger partial charge in [-0.05, 0) is 6.92 Å². The molecule has 0 spiro atoms. The summed E-state index contributed by atoms with van der Waals surface area (Å²) < 4.78 is 0. The fourth-order valence-corrected chi connectivity index (χ4v) is 0.689. The van der Waals surface area contributed by atoms with Crippen LogP contribution in [0.15, 0.2) is 18.7 Å². The smallest absolute Gasteiger partial charge is 0.182 e. The van der Waals surface area contributed by atoms with Crippen LogP contribution in [0, 0.1) is 0 Å². The van der Waals surface area contributed by atoms with Gasteiger partial charge in [-0.25, -0.2) is 9.97 Å². The summed E-state index contributed by atoms with van der Waals surface area (Å²) in [6, 6.07) is -0.485. The Labute approximate surface area is 64.5 Å². The van der Waals surface area contributed by atoms with Crippen LogP contribution in [-0.4, -0.2) is 21.8 Å². The standard InChI is InChI=1S/C7H9N3O/c1-5(8)7(11)6-2-9-4-10-3-6/h2-5H,8H2,1H3/t5-/m0/s1. The van der Waals surface area contributed by atoms with Gasteiger partial charge in [-0.15, -0.1) is 0 Å². The Kier molecular flexibility index (Phi) is 2.28. The zero-order valence-corrected chi connectivity index (χ0v) is 6.19. The number of carbonyl (C=O) groups is 1. The topological polar surface area (TPSA) is 68.9 Å². The first-order valence-corrected chi connectivity index (χ1v) is 3.26. The molecule has 0 bridgehead atoms. The predicted octanol–water partition coefficient (Wildman–Crippen LogP) is 0.00650. The van der Waals surface area contributed by atoms with Crippen LogP contribution in [0.2, 0.25) is 0 Å². The fraction of sp³-hybridized carbons (Fsp3) is 0.286. The average Bonchev–Trinajstić information content (AvgIpc) is 2.05. The van der Waals surface area contributed by atoms with Gasteiger partial charge in [-0.2, -0.15) is 0 Å². The Bertz CT molecular complexity index is 245. The zero-order valence-electron chi connectivity index (χ0n) is 6.19. The van der Waals surface area contributed by atoms with Gasteiger partial charge >= 0.3 is 0 Å². The second kappa shape index (κ2) is 3.21. The summed E-state index contributed by atoms with van der Waals surface area (Å²) in [7, 11) is 0. The van der Waals surface area contributed by atoms with E-state index in [2.05, 4.69) is 9.97 Å². The summed E-state index contributed by atoms with van der Waals surface area (Å²) in [5, 5.41) is 0. The number of hydrogen-bond acceptors (Lipinski definition) is 4. The van der Waals surface area contributed by atoms with Gasteiger partial charge in [0, 0.05) is 12.4 Å². The number of nitrogens with zero attached hydrogens (tertiary/aromatic N) is 2. The van der Waals surface area contributed by atoms with Crippen LogP contribution in [-0.2, 0) is 0 Å². The molecule has 1 atom stereocenters. The number of rotatable bonds is 2. The van der Waals surface area contributed by atoms with Crippen molar-refractivity contribution in [3.05, 3.63) is 24.3 Å². The third-order valence-electron chi connectivity index (χ3n) is 1.26. The van der Waals surface area contributed by atoms with Crippen molar-refractivity contribution in [2.24, 2.45) is 5.73 Å². The molecule has 0 unspecified atom stereocenters. The monoisotopic (exact) mass is 151 g/mol. The predicted molar refractivity (Wildman–Crippen MR) is 40.0 cm³/mol. The second-order valence-electron chi connectivity index (χ2n) is 2.28. The van der Waals surface area contributed by atoms with Crippen LogP contribution in [0.5, 0.6) is 0 Å². The maximum absolute atomic E-state index is 11.1. The van der Waals surface area contributed by atoms with E-state index in [0.29, 0.717) is 5.56 Å². The van der Waals surface area contributed by atoms with Gasteiger partial charge in [0.25, 0.3) is 0 Å². The molecule has 0 fully saturated rings. The van der Waals surface area contributed by atoms with Crippen LogP contribution in [0.25, 0.3) is 0 Å². The first-order valence-electron chi connectivity index (χ1n) is 3.26. The molecule has 1 rings (SSSR count). The normalized spacial score (nSPS) is 12.5. The molecule has 4 nitrogen and oxygen atoms in total. The van der Waals surface area contributed by atoms with E-state index in [1.54, 1.807) is 6.92 Å². The van der Waals surface area contributed by atoms with E-state index in [1.165, 1.54) is 18.7 Å². The molecule has 11 heavy (non-hydrogen) atoms. The minimum absolute atomic E-state index is 0.134. The van der Waals surface area contributed by atoms with Crippen molar-refractivity contribution < 1.29 is 4.79 Å². The SMILES string of the molecule is C[C@H](N)C(=O)c1cncnc1. The largest absolute Gasteiger partial charge is 0.321 e. The van der Waals surface area contributed by atoms with Crippen LogP contribution in [0.4, 0.5) is 0 Å². The molecule has 58 valence electrons. The number of nitrogens with two attached hydrogens (primary N) is 1. The minimum Gasteiger partial charge on any atom is -0.321 e. The van der Waals surface area contributed by atoms with E-state index in [4.69, 9.17) is 5.73 Å². The van der Waals surface area contributed by atoms with Crippen LogP contribution in [0.1, 0.15) is 17.3 Å². The van der Waals surface area contributed by atoms with Crippen molar-refractivity contribution in [3.63, 3.8) is 0 Å². The van der Waals surface area contributed by atoms with E-state index in [0.717, 1.165) is 0 Å². The summed E-state index contributed by atoms with van der Waals surface area (Å²) in [5.41, 5.74) is 5.82. The number of Topliss-reactive ketones (excluding diaryl/α,β-unsaturated/α-hetero) is 1. The minimum atomic E-state index is -0.485. The van der Waals surface area contributed by atoms with Gasteiger partial charge in [-0.1, -0.05) is 0 Å². The Morgan fingerprint density at radius 3 is 2.55 bits per heavy atom. The Hall–Kier alpha value is -1.29. The van der Waals surface area contributed by atoms with E-state index < -0.39 is 6.04 Å². The van der Waals surface area contributed by atoms with Crippen molar-refractivity contribution in [1.29, 1.82) is 0 Å². The fourth-order valence-electron chi connectivity index (χ4n) is 0.689. The molecule has 0 saturated carbocycles. The molecule has 0 radical (unpaired) electrons. The highest BCUT2D eigenvalue weighted by Gasteiger charge is 2.09. The Balaban J connectivity index is 2.86. The van der Waals surface area contributed by atoms with Crippen molar-refractivity contribution in [2.75, 3.05) is 0 Å². The van der Waals surface area contributed by atoms with Gasteiger partial charge in [0.05, 0.1) is 11.6 Å². The summed E-state index contributed by atoms with van der Waals surface area (Å²) in [6.45, 7) is 1.63. The first-order chi connectivity index (χ1) is 5.22. The van der Waals surface area contributed by atoms with Crippen LogP contribution < -0.4 is 5.73 Å². The summed E-state index contributed by atoms with van der Waals surface area (Å²) in [4.78, 5) is 18.5. The molecule has 0 aliphatic heterocycles. The van der Waals surface area contributed by atoms with Gasteiger partial charge in [-0.3, -0.25) is 4.79 Å². The highest BCUT2D eigenvalue weighted by atomic mass is 16.1. The van der Waals surface area contributed by atoms with E-state index in [1.807, 2.05) is 0 Å². The molecule has 2 N–H and O–H groups in total. The number of hydrogen-bond donors (Lipinski definition) is 1. The molecular formula is C7H9N3O. The molecule has 1 aromatic heterocycles. The first kappa shape index (κ1) is 7.81. The zero-order chi connectivity index (χ0) is 8.27. The van der Waals surface area contributed by atoms with Crippen molar-refractivity contribution in [1.82, 2.24) is 9.97 Å². The molecule has 1 aromatic rings. The molecule has 1 heterocycles. The second-order valence-corrected chi connectivity index (χ2v) is 2.28. The third kappa shape index (κ3) is 1.81. The van der Waals surface area contributed by atoms with Gasteiger partial charge < -0.3 is 5.73 Å². The molecular weight excluding hydrogens is 142 g/mol. The number of carbonyl (C=O) groups excluding carboxylic acids is 1. The van der Waals surface area contributed by atoms with Crippen LogP contribution in [0.3, 0.4) is 0 Å². The van der Waals surface area contributed by atoms with Crippen molar-refractivity contribution in [2.45, 2.75) is 13.0 Å². The third-order valence-corrected chi connectivity index (χ3v) is 1.26. The van der Waals surface area contributed by atoms with Crippen molar-refractivity contribution in [3.8, 4) is 0 Å². The summed E-state index contributed by atoms with van der Waals surface area (Å²) in [6.07, 6.45) is 4.29. The van der Waals surface area contributed by atoms with E-state index >= 15 is 0 Å². The van der Waals surface area contributed by atoms with E-state index in [-0.39, 0.29) is 5.78 Å². The van der Waals surface area contributed by atoms with Gasteiger partial charge in [0.15, 0.2) is 5.78 Å². The van der Waals surface area contributed by atoms with Crippen LogP contribution >= 0.6 is 0 Å². The molecule has 0 amide bonds. The average molecular weight is 151 g/mol. The lowest BCUT2D eigenvalue weighted by atomic mass is 10.1. The maximum atomic E-state index is 11.1. The molecule has 0 aromatic carbocycles. The van der Waals surface area contributed by atoms with Gasteiger partial charge in [0.2, 0.25) is 0 Å². The lowest BCUT2D eigenvalue weighted by molar-refractivity contribution is 0.0967. The van der Waals surface area contributed by atoms with E-state index in [9.17, 15) is 4.79 Å². The maximum Gasteiger partial charge on any atom is 0.182 e. The molecule has 0 aliphatic carbocycles. The highest BCUT2D eigenvalue weighted by molar-refractivity contribution is 5.99. The lowest BCUT2D eigenvalue weighted by Gasteiger charge is -2.01. The number of ketones is 1. The quantitative estimate of drug-likeness (QED) is 0.604. The molecule has 0 saturated heterocycles. The molecule has 0 aliphatic rings. The summed E-state index contributed by atoms with van der Waals surface area (Å²) >= 11 is 0.